The summed E-state index contributed by atoms with van der Waals surface area (Å²) in [6, 6.07) is 15.0. The summed E-state index contributed by atoms with van der Waals surface area (Å²) in [6.07, 6.45) is 0. The van der Waals surface area contributed by atoms with Crippen molar-refractivity contribution in [1.29, 1.82) is 0 Å². The summed E-state index contributed by atoms with van der Waals surface area (Å²) in [4.78, 5) is 12.7. The fourth-order valence-corrected chi connectivity index (χ4v) is 3.07. The molecule has 4 nitrogen and oxygen atoms in total. The molecule has 0 radical (unpaired) electrons. The molecule has 0 fully saturated rings. The van der Waals surface area contributed by atoms with Gasteiger partial charge in [-0.2, -0.15) is 5.10 Å². The molecule has 2 aromatic carbocycles. The standard InChI is InChI=1S/C22H24ClN3O/c1-14-9-10-18(15(2)11-14)26-20(13-19(25-26)22(3,4)5)24-21(27)16-7-6-8-17(23)12-16/h6-13H,1-5H3,(H,24,27). The van der Waals surface area contributed by atoms with E-state index < -0.39 is 0 Å². The highest BCUT2D eigenvalue weighted by molar-refractivity contribution is 6.31. The van der Waals surface area contributed by atoms with Gasteiger partial charge in [-0.15, -0.1) is 0 Å². The summed E-state index contributed by atoms with van der Waals surface area (Å²) in [6.45, 7) is 10.4. The van der Waals surface area contributed by atoms with E-state index in [1.807, 2.05) is 25.1 Å². The minimum Gasteiger partial charge on any atom is -0.306 e. The van der Waals surface area contributed by atoms with Crippen LogP contribution in [0.3, 0.4) is 0 Å². The molecule has 0 aliphatic rings. The van der Waals surface area contributed by atoms with Crippen LogP contribution in [-0.2, 0) is 5.41 Å². The van der Waals surface area contributed by atoms with Crippen molar-refractivity contribution in [3.05, 3.63) is 75.9 Å². The van der Waals surface area contributed by atoms with Crippen LogP contribution in [0.1, 0.15) is 48.0 Å². The van der Waals surface area contributed by atoms with Gasteiger partial charge in [0.15, 0.2) is 0 Å². The van der Waals surface area contributed by atoms with E-state index in [1.165, 1.54) is 5.56 Å². The lowest BCUT2D eigenvalue weighted by atomic mass is 9.92. The number of aryl methyl sites for hydroxylation is 2. The number of carbonyl (C=O) groups excluding carboxylic acids is 1. The Balaban J connectivity index is 2.05. The van der Waals surface area contributed by atoms with Crippen LogP contribution in [0.4, 0.5) is 5.82 Å². The van der Waals surface area contributed by atoms with Crippen LogP contribution in [-0.4, -0.2) is 15.7 Å². The van der Waals surface area contributed by atoms with Gasteiger partial charge in [0.2, 0.25) is 0 Å². The van der Waals surface area contributed by atoms with Crippen molar-refractivity contribution < 1.29 is 4.79 Å². The molecule has 1 amide bonds. The van der Waals surface area contributed by atoms with E-state index in [2.05, 4.69) is 39.1 Å². The molecular formula is C22H24ClN3O. The van der Waals surface area contributed by atoms with E-state index in [9.17, 15) is 4.79 Å². The van der Waals surface area contributed by atoms with E-state index in [4.69, 9.17) is 16.7 Å². The molecule has 1 N–H and O–H groups in total. The third-order valence-electron chi connectivity index (χ3n) is 4.39. The van der Waals surface area contributed by atoms with Crippen molar-refractivity contribution in [3.8, 4) is 5.69 Å². The largest absolute Gasteiger partial charge is 0.306 e. The number of halogens is 1. The summed E-state index contributed by atoms with van der Waals surface area (Å²) >= 11 is 6.02. The molecule has 1 aromatic heterocycles. The maximum atomic E-state index is 12.7. The Morgan fingerprint density at radius 1 is 1.07 bits per heavy atom. The molecule has 0 aliphatic carbocycles. The Morgan fingerprint density at radius 3 is 2.44 bits per heavy atom. The number of rotatable bonds is 3. The van der Waals surface area contributed by atoms with Gasteiger partial charge in [-0.1, -0.05) is 56.1 Å². The number of hydrogen-bond acceptors (Lipinski definition) is 2. The lowest BCUT2D eigenvalue weighted by Gasteiger charge is -2.14. The predicted molar refractivity (Wildman–Crippen MR) is 111 cm³/mol. The van der Waals surface area contributed by atoms with Crippen molar-refractivity contribution in [1.82, 2.24) is 9.78 Å². The molecule has 1 heterocycles. The maximum absolute atomic E-state index is 12.7. The predicted octanol–water partition coefficient (Wildman–Crippen LogP) is 5.69. The lowest BCUT2D eigenvalue weighted by Crippen LogP contribution is -2.15. The highest BCUT2D eigenvalue weighted by Crippen LogP contribution is 2.28. The number of carbonyl (C=O) groups is 1. The number of nitrogens with zero attached hydrogens (tertiary/aromatic N) is 2. The van der Waals surface area contributed by atoms with Crippen molar-refractivity contribution in [2.75, 3.05) is 5.32 Å². The molecule has 0 saturated heterocycles. The first kappa shape index (κ1) is 19.2. The van der Waals surface area contributed by atoms with Gasteiger partial charge >= 0.3 is 0 Å². The summed E-state index contributed by atoms with van der Waals surface area (Å²) < 4.78 is 1.80. The molecule has 0 atom stereocenters. The zero-order valence-electron chi connectivity index (χ0n) is 16.3. The van der Waals surface area contributed by atoms with Crippen LogP contribution in [0, 0.1) is 13.8 Å². The van der Waals surface area contributed by atoms with Gasteiger partial charge in [0, 0.05) is 22.1 Å². The van der Waals surface area contributed by atoms with Crippen LogP contribution in [0.2, 0.25) is 5.02 Å². The zero-order chi connectivity index (χ0) is 19.8. The van der Waals surface area contributed by atoms with Crippen LogP contribution < -0.4 is 5.32 Å². The minimum atomic E-state index is -0.219. The maximum Gasteiger partial charge on any atom is 0.256 e. The number of anilines is 1. The highest BCUT2D eigenvalue weighted by Gasteiger charge is 2.22. The van der Waals surface area contributed by atoms with Crippen LogP contribution >= 0.6 is 11.6 Å². The Labute approximate surface area is 165 Å². The SMILES string of the molecule is Cc1ccc(-n2nc(C(C)(C)C)cc2NC(=O)c2cccc(Cl)c2)c(C)c1. The quantitative estimate of drug-likeness (QED) is 0.633. The normalized spacial score (nSPS) is 11.5. The number of nitrogens with one attached hydrogen (secondary N) is 1. The molecule has 3 rings (SSSR count). The van der Waals surface area contributed by atoms with Crippen molar-refractivity contribution >= 4 is 23.3 Å². The number of amides is 1. The summed E-state index contributed by atoms with van der Waals surface area (Å²) in [7, 11) is 0. The third kappa shape index (κ3) is 4.22. The molecule has 0 spiro atoms. The van der Waals surface area contributed by atoms with Crippen molar-refractivity contribution in [3.63, 3.8) is 0 Å². The highest BCUT2D eigenvalue weighted by atomic mass is 35.5. The van der Waals surface area contributed by atoms with Gasteiger partial charge < -0.3 is 5.32 Å². The third-order valence-corrected chi connectivity index (χ3v) is 4.62. The number of benzene rings is 2. The van der Waals surface area contributed by atoms with Crippen molar-refractivity contribution in [2.45, 2.75) is 40.0 Å². The Hall–Kier alpha value is -2.59. The van der Waals surface area contributed by atoms with E-state index in [0.29, 0.717) is 16.4 Å². The Bertz CT molecular complexity index is 999. The Morgan fingerprint density at radius 2 is 1.81 bits per heavy atom. The molecule has 0 aliphatic heterocycles. The van der Waals surface area contributed by atoms with Gasteiger partial charge in [-0.3, -0.25) is 4.79 Å². The fraction of sp³-hybridized carbons (Fsp3) is 0.273. The molecule has 27 heavy (non-hydrogen) atoms. The summed E-state index contributed by atoms with van der Waals surface area (Å²) in [5.74, 6) is 0.417. The monoisotopic (exact) mass is 381 g/mol. The topological polar surface area (TPSA) is 46.9 Å². The number of aromatic nitrogens is 2. The first-order valence-electron chi connectivity index (χ1n) is 8.90. The Kier molecular flexibility index (Phi) is 5.11. The zero-order valence-corrected chi connectivity index (χ0v) is 17.1. The van der Waals surface area contributed by atoms with E-state index in [0.717, 1.165) is 16.9 Å². The minimum absolute atomic E-state index is 0.139. The number of hydrogen-bond donors (Lipinski definition) is 1. The van der Waals surface area contributed by atoms with E-state index >= 15 is 0 Å². The van der Waals surface area contributed by atoms with Crippen LogP contribution in [0.5, 0.6) is 0 Å². The smallest absolute Gasteiger partial charge is 0.256 e. The van der Waals surface area contributed by atoms with Gasteiger partial charge in [0.25, 0.3) is 5.91 Å². The second-order valence-electron chi connectivity index (χ2n) is 7.83. The van der Waals surface area contributed by atoms with E-state index in [-0.39, 0.29) is 11.3 Å². The molecule has 0 bridgehead atoms. The van der Waals surface area contributed by atoms with Crippen molar-refractivity contribution in [2.24, 2.45) is 0 Å². The molecule has 140 valence electrons. The molecule has 0 saturated carbocycles. The van der Waals surface area contributed by atoms with Gasteiger partial charge in [-0.05, 0) is 43.7 Å². The second kappa shape index (κ2) is 7.20. The van der Waals surface area contributed by atoms with Gasteiger partial charge in [0.1, 0.15) is 5.82 Å². The fourth-order valence-electron chi connectivity index (χ4n) is 2.88. The van der Waals surface area contributed by atoms with Crippen LogP contribution in [0.15, 0.2) is 48.5 Å². The van der Waals surface area contributed by atoms with Gasteiger partial charge in [0.05, 0.1) is 11.4 Å². The van der Waals surface area contributed by atoms with Gasteiger partial charge in [-0.25, -0.2) is 4.68 Å². The first-order chi connectivity index (χ1) is 12.6. The second-order valence-corrected chi connectivity index (χ2v) is 8.27. The van der Waals surface area contributed by atoms with E-state index in [1.54, 1.807) is 28.9 Å². The summed E-state index contributed by atoms with van der Waals surface area (Å²) in [5.41, 5.74) is 4.50. The van der Waals surface area contributed by atoms with Crippen LogP contribution in [0.25, 0.3) is 5.69 Å². The molecule has 0 unspecified atom stereocenters. The molecule has 3 aromatic rings. The molecular weight excluding hydrogens is 358 g/mol. The first-order valence-corrected chi connectivity index (χ1v) is 9.28. The summed E-state index contributed by atoms with van der Waals surface area (Å²) in [5, 5.41) is 8.30. The average molecular weight is 382 g/mol. The average Bonchev–Trinajstić information content (AvgIpc) is 2.98. The lowest BCUT2D eigenvalue weighted by molar-refractivity contribution is 0.102. The molecule has 5 heteroatoms.